The lowest BCUT2D eigenvalue weighted by atomic mass is 9.92. The van der Waals surface area contributed by atoms with Crippen molar-refractivity contribution in [2.24, 2.45) is 5.14 Å². The molecule has 2 aromatic carbocycles. The van der Waals surface area contributed by atoms with E-state index in [1.165, 1.54) is 12.1 Å². The molecule has 1 aliphatic heterocycles. The van der Waals surface area contributed by atoms with Crippen molar-refractivity contribution in [2.75, 3.05) is 13.1 Å². The molecule has 1 aromatic heterocycles. The Morgan fingerprint density at radius 2 is 1.61 bits per heavy atom. The van der Waals surface area contributed by atoms with E-state index in [-0.39, 0.29) is 16.7 Å². The van der Waals surface area contributed by atoms with Crippen molar-refractivity contribution < 1.29 is 13.2 Å². The first-order valence-electron chi connectivity index (χ1n) is 10.3. The number of rotatable bonds is 4. The van der Waals surface area contributed by atoms with Gasteiger partial charge in [0.25, 0.3) is 5.91 Å². The van der Waals surface area contributed by atoms with Crippen molar-refractivity contribution >= 4 is 15.9 Å². The zero-order valence-corrected chi connectivity index (χ0v) is 18.5. The molecule has 3 aromatic rings. The second-order valence-electron chi connectivity index (χ2n) is 8.09. The summed E-state index contributed by atoms with van der Waals surface area (Å²) >= 11 is 0. The highest BCUT2D eigenvalue weighted by molar-refractivity contribution is 7.89. The minimum Gasteiger partial charge on any atom is -0.339 e. The third-order valence-corrected chi connectivity index (χ3v) is 6.70. The van der Waals surface area contributed by atoms with Crippen molar-refractivity contribution in [1.29, 1.82) is 0 Å². The van der Waals surface area contributed by atoms with Gasteiger partial charge in [-0.15, -0.1) is 0 Å². The number of benzene rings is 2. The number of sulfonamides is 1. The average Bonchev–Trinajstić information content (AvgIpc) is 3.15. The molecule has 2 N–H and O–H groups in total. The van der Waals surface area contributed by atoms with Crippen LogP contribution in [-0.2, 0) is 10.0 Å². The zero-order valence-electron chi connectivity index (χ0n) is 17.7. The molecule has 0 saturated carbocycles. The molecule has 0 radical (unpaired) electrons. The highest BCUT2D eigenvalue weighted by Crippen LogP contribution is 2.31. The molecule has 0 atom stereocenters. The van der Waals surface area contributed by atoms with E-state index in [2.05, 4.69) is 11.2 Å². The van der Waals surface area contributed by atoms with Gasteiger partial charge in [0.2, 0.25) is 10.0 Å². The summed E-state index contributed by atoms with van der Waals surface area (Å²) in [6, 6.07) is 16.2. The lowest BCUT2D eigenvalue weighted by Crippen LogP contribution is -2.38. The highest BCUT2D eigenvalue weighted by atomic mass is 32.2. The van der Waals surface area contributed by atoms with Gasteiger partial charge in [-0.1, -0.05) is 17.7 Å². The van der Waals surface area contributed by atoms with Gasteiger partial charge in [0.05, 0.1) is 16.3 Å². The molecule has 31 heavy (non-hydrogen) atoms. The van der Waals surface area contributed by atoms with Crippen LogP contribution >= 0.6 is 0 Å². The number of hydrogen-bond donors (Lipinski definition) is 1. The van der Waals surface area contributed by atoms with Crippen LogP contribution in [0.3, 0.4) is 0 Å². The van der Waals surface area contributed by atoms with E-state index in [0.29, 0.717) is 13.1 Å². The van der Waals surface area contributed by atoms with E-state index in [0.717, 1.165) is 41.0 Å². The summed E-state index contributed by atoms with van der Waals surface area (Å²) in [4.78, 5) is 14.8. The van der Waals surface area contributed by atoms with Crippen LogP contribution in [-0.4, -0.2) is 42.1 Å². The van der Waals surface area contributed by atoms with E-state index in [1.807, 2.05) is 47.7 Å². The van der Waals surface area contributed by atoms with Crippen LogP contribution in [0, 0.1) is 13.8 Å². The van der Waals surface area contributed by atoms with Crippen LogP contribution in [0.5, 0.6) is 0 Å². The van der Waals surface area contributed by atoms with Gasteiger partial charge in [-0.2, -0.15) is 5.10 Å². The topological polar surface area (TPSA) is 98.3 Å². The molecule has 0 bridgehead atoms. The van der Waals surface area contributed by atoms with Crippen molar-refractivity contribution in [3.8, 4) is 5.69 Å². The van der Waals surface area contributed by atoms with Crippen molar-refractivity contribution in [1.82, 2.24) is 14.7 Å². The van der Waals surface area contributed by atoms with Crippen LogP contribution < -0.4 is 5.14 Å². The molecule has 0 aliphatic carbocycles. The molecule has 4 rings (SSSR count). The summed E-state index contributed by atoms with van der Waals surface area (Å²) in [5, 5.41) is 9.81. The van der Waals surface area contributed by atoms with Gasteiger partial charge in [0, 0.05) is 30.3 Å². The predicted molar refractivity (Wildman–Crippen MR) is 119 cm³/mol. The average molecular weight is 439 g/mol. The van der Waals surface area contributed by atoms with E-state index >= 15 is 0 Å². The number of piperidine rings is 1. The summed E-state index contributed by atoms with van der Waals surface area (Å²) in [6.07, 6.45) is 1.69. The van der Waals surface area contributed by atoms with E-state index < -0.39 is 10.0 Å². The van der Waals surface area contributed by atoms with Crippen molar-refractivity contribution in [3.05, 3.63) is 77.1 Å². The zero-order chi connectivity index (χ0) is 22.2. The summed E-state index contributed by atoms with van der Waals surface area (Å²) in [5.74, 6) is 0.336. The predicted octanol–water partition coefficient (Wildman–Crippen LogP) is 3.16. The maximum atomic E-state index is 12.8. The van der Waals surface area contributed by atoms with Crippen molar-refractivity contribution in [2.45, 2.75) is 37.5 Å². The SMILES string of the molecule is Cc1ccc(C(=O)N2CCC(c3cc(C)nn3-c3ccc(S(N)(=O)=O)cc3)CC2)cc1. The second kappa shape index (κ2) is 8.28. The smallest absolute Gasteiger partial charge is 0.253 e. The molecule has 1 saturated heterocycles. The van der Waals surface area contributed by atoms with Gasteiger partial charge in [-0.05, 0) is 69.2 Å². The Hall–Kier alpha value is -2.97. The number of hydrogen-bond acceptors (Lipinski definition) is 4. The Bertz CT molecular complexity index is 1190. The maximum Gasteiger partial charge on any atom is 0.253 e. The van der Waals surface area contributed by atoms with E-state index in [1.54, 1.807) is 12.1 Å². The minimum absolute atomic E-state index is 0.0710. The number of nitrogens with zero attached hydrogens (tertiary/aromatic N) is 3. The number of aromatic nitrogens is 2. The van der Waals surface area contributed by atoms with Gasteiger partial charge in [-0.25, -0.2) is 18.2 Å². The third-order valence-electron chi connectivity index (χ3n) is 5.77. The van der Waals surface area contributed by atoms with Gasteiger partial charge >= 0.3 is 0 Å². The maximum absolute atomic E-state index is 12.8. The summed E-state index contributed by atoms with van der Waals surface area (Å²) in [7, 11) is -3.73. The third kappa shape index (κ3) is 4.55. The monoisotopic (exact) mass is 438 g/mol. The Kier molecular flexibility index (Phi) is 5.68. The fraction of sp³-hybridized carbons (Fsp3) is 0.304. The van der Waals surface area contributed by atoms with Gasteiger partial charge in [-0.3, -0.25) is 4.79 Å². The molecular formula is C23H26N4O3S. The molecule has 1 amide bonds. The van der Waals surface area contributed by atoms with Crippen LogP contribution in [0.4, 0.5) is 0 Å². The standard InChI is InChI=1S/C23H26N4O3S/c1-16-3-5-19(6-4-16)23(28)26-13-11-18(12-14-26)22-15-17(2)25-27(22)20-7-9-21(10-8-20)31(24,29)30/h3-10,15,18H,11-14H2,1-2H3,(H2,24,29,30). The van der Waals surface area contributed by atoms with Crippen LogP contribution in [0.25, 0.3) is 5.69 Å². The Balaban J connectivity index is 1.50. The first-order chi connectivity index (χ1) is 14.7. The number of aryl methyl sites for hydroxylation is 2. The van der Waals surface area contributed by atoms with Gasteiger partial charge < -0.3 is 4.90 Å². The Morgan fingerprint density at radius 1 is 1.00 bits per heavy atom. The number of nitrogens with two attached hydrogens (primary N) is 1. The molecule has 0 unspecified atom stereocenters. The summed E-state index contributed by atoms with van der Waals surface area (Å²) in [5.41, 5.74) is 4.61. The molecule has 1 fully saturated rings. The Morgan fingerprint density at radius 3 is 2.19 bits per heavy atom. The molecule has 7 nitrogen and oxygen atoms in total. The largest absolute Gasteiger partial charge is 0.339 e. The second-order valence-corrected chi connectivity index (χ2v) is 9.66. The number of likely N-dealkylation sites (tertiary alicyclic amines) is 1. The van der Waals surface area contributed by atoms with Crippen LogP contribution in [0.15, 0.2) is 59.5 Å². The fourth-order valence-corrected chi connectivity index (χ4v) is 4.57. The van der Waals surface area contributed by atoms with Crippen LogP contribution in [0.2, 0.25) is 0 Å². The molecule has 0 spiro atoms. The molecular weight excluding hydrogens is 412 g/mol. The first-order valence-corrected chi connectivity index (χ1v) is 11.8. The lowest BCUT2D eigenvalue weighted by Gasteiger charge is -2.32. The number of carbonyl (C=O) groups excluding carboxylic acids is 1. The highest BCUT2D eigenvalue weighted by Gasteiger charge is 2.27. The number of carbonyl (C=O) groups is 1. The first kappa shape index (κ1) is 21.3. The van der Waals surface area contributed by atoms with E-state index in [4.69, 9.17) is 5.14 Å². The number of primary sulfonamides is 1. The lowest BCUT2D eigenvalue weighted by molar-refractivity contribution is 0.0711. The fourth-order valence-electron chi connectivity index (χ4n) is 4.05. The molecule has 1 aliphatic rings. The van der Waals surface area contributed by atoms with Gasteiger partial charge in [0.15, 0.2) is 0 Å². The minimum atomic E-state index is -3.73. The quantitative estimate of drug-likeness (QED) is 0.676. The summed E-state index contributed by atoms with van der Waals surface area (Å²) in [6.45, 7) is 5.32. The molecule has 8 heteroatoms. The van der Waals surface area contributed by atoms with Crippen molar-refractivity contribution in [3.63, 3.8) is 0 Å². The van der Waals surface area contributed by atoms with Gasteiger partial charge in [0.1, 0.15) is 0 Å². The van der Waals surface area contributed by atoms with Crippen LogP contribution in [0.1, 0.15) is 46.1 Å². The summed E-state index contributed by atoms with van der Waals surface area (Å²) < 4.78 is 24.9. The molecule has 162 valence electrons. The molecule has 2 heterocycles. The normalized spacial score (nSPS) is 15.3. The van der Waals surface area contributed by atoms with E-state index in [9.17, 15) is 13.2 Å². The Labute approximate surface area is 182 Å². The number of amides is 1.